The molecule has 1 heterocycles. The molecule has 0 aromatic heterocycles. The molecule has 1 aromatic carbocycles. The fraction of sp³-hybridized carbons (Fsp3) is 0.400. The number of hydrogen-bond acceptors (Lipinski definition) is 4. The van der Waals surface area contributed by atoms with Crippen molar-refractivity contribution in [1.82, 2.24) is 10.4 Å². The van der Waals surface area contributed by atoms with E-state index in [-0.39, 0.29) is 11.7 Å². The molecule has 22 heavy (non-hydrogen) atoms. The zero-order chi connectivity index (χ0) is 16.3. The molecule has 0 saturated heterocycles. The highest BCUT2D eigenvalue weighted by Gasteiger charge is 2.39. The summed E-state index contributed by atoms with van der Waals surface area (Å²) in [5.74, 6) is -0.913. The normalized spacial score (nSPS) is 21.0. The second-order valence-electron chi connectivity index (χ2n) is 4.97. The third-order valence-electron chi connectivity index (χ3n) is 3.66. The first-order chi connectivity index (χ1) is 10.5. The van der Waals surface area contributed by atoms with Gasteiger partial charge in [0, 0.05) is 12.8 Å². The van der Waals surface area contributed by atoms with E-state index < -0.39 is 18.0 Å². The molecule has 1 aliphatic rings. The molecule has 0 aliphatic carbocycles. The SMILES string of the molecule is CCC1=NC(=O)NC(c2cccc(O)c2)C1C(=O)N(C)OC. The average molecular weight is 305 g/mol. The van der Waals surface area contributed by atoms with Crippen molar-refractivity contribution in [2.24, 2.45) is 10.9 Å². The van der Waals surface area contributed by atoms with E-state index in [4.69, 9.17) is 4.84 Å². The monoisotopic (exact) mass is 305 g/mol. The van der Waals surface area contributed by atoms with Crippen LogP contribution in [0.2, 0.25) is 0 Å². The maximum atomic E-state index is 12.6. The molecule has 2 unspecified atom stereocenters. The number of urea groups is 1. The summed E-state index contributed by atoms with van der Waals surface area (Å²) in [4.78, 5) is 33.3. The molecule has 0 bridgehead atoms. The molecule has 0 spiro atoms. The molecule has 3 amide bonds. The summed E-state index contributed by atoms with van der Waals surface area (Å²) in [6, 6.07) is 5.37. The van der Waals surface area contributed by atoms with Crippen molar-refractivity contribution in [1.29, 1.82) is 0 Å². The Labute approximate surface area is 128 Å². The highest BCUT2D eigenvalue weighted by atomic mass is 16.7. The fourth-order valence-electron chi connectivity index (χ4n) is 2.50. The highest BCUT2D eigenvalue weighted by molar-refractivity contribution is 6.10. The Morgan fingerprint density at radius 3 is 2.82 bits per heavy atom. The van der Waals surface area contributed by atoms with Gasteiger partial charge in [-0.2, -0.15) is 0 Å². The van der Waals surface area contributed by atoms with Crippen LogP contribution in [0, 0.1) is 5.92 Å². The minimum absolute atomic E-state index is 0.0682. The molecule has 2 rings (SSSR count). The molecule has 0 saturated carbocycles. The molecular formula is C15H19N3O4. The van der Waals surface area contributed by atoms with E-state index in [0.717, 1.165) is 5.06 Å². The van der Waals surface area contributed by atoms with Crippen LogP contribution < -0.4 is 5.32 Å². The van der Waals surface area contributed by atoms with Crippen LogP contribution in [0.25, 0.3) is 0 Å². The summed E-state index contributed by atoms with van der Waals surface area (Å²) in [7, 11) is 2.90. The number of aromatic hydroxyl groups is 1. The predicted molar refractivity (Wildman–Crippen MR) is 80.4 cm³/mol. The minimum atomic E-state index is -0.672. The van der Waals surface area contributed by atoms with Crippen molar-refractivity contribution in [3.8, 4) is 5.75 Å². The first-order valence-corrected chi connectivity index (χ1v) is 6.96. The van der Waals surface area contributed by atoms with Gasteiger partial charge in [-0.25, -0.2) is 14.9 Å². The number of aliphatic imine (C=N–C) groups is 1. The molecule has 0 fully saturated rings. The van der Waals surface area contributed by atoms with Gasteiger partial charge in [0.25, 0.3) is 5.91 Å². The van der Waals surface area contributed by atoms with Gasteiger partial charge in [0.05, 0.1) is 13.2 Å². The number of hydroxylamine groups is 2. The molecule has 2 N–H and O–H groups in total. The lowest BCUT2D eigenvalue weighted by Gasteiger charge is -2.33. The first kappa shape index (κ1) is 16.0. The topological polar surface area (TPSA) is 91.2 Å². The van der Waals surface area contributed by atoms with Crippen molar-refractivity contribution < 1.29 is 19.5 Å². The maximum Gasteiger partial charge on any atom is 0.341 e. The summed E-state index contributed by atoms with van der Waals surface area (Å²) in [5.41, 5.74) is 1.13. The lowest BCUT2D eigenvalue weighted by molar-refractivity contribution is -0.172. The highest BCUT2D eigenvalue weighted by Crippen LogP contribution is 2.30. The largest absolute Gasteiger partial charge is 0.508 e. The van der Waals surface area contributed by atoms with Crippen LogP contribution in [-0.4, -0.2) is 42.0 Å². The van der Waals surface area contributed by atoms with Crippen LogP contribution in [0.1, 0.15) is 24.9 Å². The standard InChI is InChI=1S/C15H19N3O4/c1-4-11-12(14(20)18(2)22-3)13(17-15(21)16-11)9-6-5-7-10(19)8-9/h5-8,12-13,19H,4H2,1-3H3,(H,17,21). The summed E-state index contributed by atoms with van der Waals surface area (Å²) >= 11 is 0. The Kier molecular flexibility index (Phi) is 4.77. The van der Waals surface area contributed by atoms with Crippen molar-refractivity contribution in [2.45, 2.75) is 19.4 Å². The van der Waals surface area contributed by atoms with E-state index in [1.165, 1.54) is 26.3 Å². The minimum Gasteiger partial charge on any atom is -0.508 e. The fourth-order valence-corrected chi connectivity index (χ4v) is 2.50. The molecule has 0 radical (unpaired) electrons. The Hall–Kier alpha value is -2.41. The van der Waals surface area contributed by atoms with Crippen molar-refractivity contribution in [3.05, 3.63) is 29.8 Å². The Bertz CT molecular complexity index is 615. The van der Waals surface area contributed by atoms with Crippen molar-refractivity contribution >= 4 is 17.6 Å². The summed E-state index contributed by atoms with van der Waals surface area (Å²) < 4.78 is 0. The second-order valence-corrected chi connectivity index (χ2v) is 4.97. The number of benzene rings is 1. The molecule has 1 aromatic rings. The predicted octanol–water partition coefficient (Wildman–Crippen LogP) is 1.64. The number of phenols is 1. The average Bonchev–Trinajstić information content (AvgIpc) is 2.52. The number of rotatable bonds is 4. The Balaban J connectivity index is 2.47. The van der Waals surface area contributed by atoms with Gasteiger partial charge in [-0.1, -0.05) is 19.1 Å². The molecule has 118 valence electrons. The summed E-state index contributed by atoms with van der Waals surface area (Å²) in [6.45, 7) is 1.84. The van der Waals surface area contributed by atoms with E-state index in [0.29, 0.717) is 17.7 Å². The van der Waals surface area contributed by atoms with E-state index in [2.05, 4.69) is 10.3 Å². The number of hydrogen-bond donors (Lipinski definition) is 2. The lowest BCUT2D eigenvalue weighted by atomic mass is 9.85. The number of carbonyl (C=O) groups excluding carboxylic acids is 2. The van der Waals surface area contributed by atoms with Gasteiger partial charge < -0.3 is 10.4 Å². The number of nitrogens with zero attached hydrogens (tertiary/aromatic N) is 2. The van der Waals surface area contributed by atoms with E-state index >= 15 is 0 Å². The number of phenolic OH excluding ortho intramolecular Hbond substituents is 1. The van der Waals surface area contributed by atoms with Crippen LogP contribution >= 0.6 is 0 Å². The Morgan fingerprint density at radius 2 is 2.23 bits per heavy atom. The lowest BCUT2D eigenvalue weighted by Crippen LogP contribution is -2.48. The molecule has 7 heteroatoms. The maximum absolute atomic E-state index is 12.6. The van der Waals surface area contributed by atoms with Gasteiger partial charge in [-0.05, 0) is 24.1 Å². The van der Waals surface area contributed by atoms with Crippen LogP contribution in [0.15, 0.2) is 29.3 Å². The van der Waals surface area contributed by atoms with Gasteiger partial charge >= 0.3 is 6.03 Å². The van der Waals surface area contributed by atoms with Gasteiger partial charge in [0.1, 0.15) is 11.7 Å². The van der Waals surface area contributed by atoms with Gasteiger partial charge in [-0.3, -0.25) is 9.63 Å². The summed E-state index contributed by atoms with van der Waals surface area (Å²) in [6.07, 6.45) is 0.469. The summed E-state index contributed by atoms with van der Waals surface area (Å²) in [5, 5.41) is 13.5. The second kappa shape index (κ2) is 6.57. The number of nitrogens with one attached hydrogen (secondary N) is 1. The first-order valence-electron chi connectivity index (χ1n) is 6.96. The van der Waals surface area contributed by atoms with Crippen LogP contribution in [0.3, 0.4) is 0 Å². The smallest absolute Gasteiger partial charge is 0.341 e. The molecular weight excluding hydrogens is 286 g/mol. The zero-order valence-corrected chi connectivity index (χ0v) is 12.7. The quantitative estimate of drug-likeness (QED) is 0.827. The molecule has 1 aliphatic heterocycles. The van der Waals surface area contributed by atoms with Crippen LogP contribution in [0.5, 0.6) is 5.75 Å². The van der Waals surface area contributed by atoms with Gasteiger partial charge in [0.2, 0.25) is 0 Å². The van der Waals surface area contributed by atoms with Crippen molar-refractivity contribution in [2.75, 3.05) is 14.2 Å². The third-order valence-corrected chi connectivity index (χ3v) is 3.66. The van der Waals surface area contributed by atoms with Crippen LogP contribution in [0.4, 0.5) is 4.79 Å². The van der Waals surface area contributed by atoms with E-state index in [1.54, 1.807) is 12.1 Å². The number of carbonyl (C=O) groups is 2. The van der Waals surface area contributed by atoms with Gasteiger partial charge in [-0.15, -0.1) is 0 Å². The van der Waals surface area contributed by atoms with Crippen LogP contribution in [-0.2, 0) is 9.63 Å². The molecule has 2 atom stereocenters. The van der Waals surface area contributed by atoms with E-state index in [1.807, 2.05) is 6.92 Å². The van der Waals surface area contributed by atoms with E-state index in [9.17, 15) is 14.7 Å². The molecule has 7 nitrogen and oxygen atoms in total. The van der Waals surface area contributed by atoms with Gasteiger partial charge in [0.15, 0.2) is 0 Å². The third kappa shape index (κ3) is 3.09. The number of amides is 3. The Morgan fingerprint density at radius 1 is 1.50 bits per heavy atom. The zero-order valence-electron chi connectivity index (χ0n) is 12.7. The van der Waals surface area contributed by atoms with Crippen molar-refractivity contribution in [3.63, 3.8) is 0 Å².